The first-order chi connectivity index (χ1) is 7.16. The maximum Gasteiger partial charge on any atom is 0.219 e. The van der Waals surface area contributed by atoms with Crippen molar-refractivity contribution in [1.82, 2.24) is 14.7 Å². The molecule has 1 fully saturated rings. The molecule has 0 saturated carbocycles. The fourth-order valence-corrected chi connectivity index (χ4v) is 2.26. The molecule has 0 radical (unpaired) electrons. The SMILES string of the molecule is CC(=O)N1CCC(n2cc(Br)cn2)CC1. The average molecular weight is 272 g/mol. The maximum absolute atomic E-state index is 11.1. The molecule has 1 aromatic heterocycles. The highest BCUT2D eigenvalue weighted by Gasteiger charge is 2.22. The van der Waals surface area contributed by atoms with Gasteiger partial charge in [0.15, 0.2) is 0 Å². The average Bonchev–Trinajstić information content (AvgIpc) is 2.65. The van der Waals surface area contributed by atoms with E-state index in [-0.39, 0.29) is 5.91 Å². The van der Waals surface area contributed by atoms with Gasteiger partial charge in [-0.3, -0.25) is 9.48 Å². The Morgan fingerprint density at radius 3 is 2.67 bits per heavy atom. The van der Waals surface area contributed by atoms with E-state index in [0.29, 0.717) is 6.04 Å². The number of aromatic nitrogens is 2. The summed E-state index contributed by atoms with van der Waals surface area (Å²) in [5.74, 6) is 0.176. The Labute approximate surface area is 97.4 Å². The van der Waals surface area contributed by atoms with Crippen molar-refractivity contribution in [3.63, 3.8) is 0 Å². The summed E-state index contributed by atoms with van der Waals surface area (Å²) in [6.07, 6.45) is 5.78. The van der Waals surface area contributed by atoms with Crippen LogP contribution in [0.1, 0.15) is 25.8 Å². The Morgan fingerprint density at radius 1 is 1.53 bits per heavy atom. The van der Waals surface area contributed by atoms with E-state index in [1.54, 1.807) is 13.1 Å². The highest BCUT2D eigenvalue weighted by Crippen LogP contribution is 2.23. The van der Waals surface area contributed by atoms with E-state index in [0.717, 1.165) is 30.4 Å². The molecule has 5 heteroatoms. The zero-order valence-corrected chi connectivity index (χ0v) is 10.3. The second-order valence-electron chi connectivity index (χ2n) is 3.88. The minimum absolute atomic E-state index is 0.176. The summed E-state index contributed by atoms with van der Waals surface area (Å²) in [6.45, 7) is 3.32. The van der Waals surface area contributed by atoms with E-state index in [1.165, 1.54) is 0 Å². The van der Waals surface area contributed by atoms with Crippen LogP contribution in [-0.2, 0) is 4.79 Å². The van der Waals surface area contributed by atoms with Gasteiger partial charge in [0.05, 0.1) is 16.7 Å². The van der Waals surface area contributed by atoms with Crippen LogP contribution in [0, 0.1) is 0 Å². The molecule has 15 heavy (non-hydrogen) atoms. The number of hydrogen-bond donors (Lipinski definition) is 0. The second-order valence-corrected chi connectivity index (χ2v) is 4.79. The van der Waals surface area contributed by atoms with Crippen molar-refractivity contribution in [2.24, 2.45) is 0 Å². The predicted octanol–water partition coefficient (Wildman–Crippen LogP) is 1.83. The van der Waals surface area contributed by atoms with Crippen LogP contribution in [-0.4, -0.2) is 33.7 Å². The van der Waals surface area contributed by atoms with Gasteiger partial charge < -0.3 is 4.90 Å². The number of hydrogen-bond acceptors (Lipinski definition) is 2. The van der Waals surface area contributed by atoms with E-state index in [2.05, 4.69) is 21.0 Å². The molecule has 1 aromatic rings. The molecule has 0 bridgehead atoms. The van der Waals surface area contributed by atoms with Gasteiger partial charge in [-0.15, -0.1) is 0 Å². The molecule has 0 N–H and O–H groups in total. The zero-order valence-electron chi connectivity index (χ0n) is 8.69. The number of nitrogens with zero attached hydrogens (tertiary/aromatic N) is 3. The summed E-state index contributed by atoms with van der Waals surface area (Å²) in [7, 11) is 0. The van der Waals surface area contributed by atoms with E-state index in [1.807, 2.05) is 15.8 Å². The van der Waals surface area contributed by atoms with Crippen LogP contribution in [0.15, 0.2) is 16.9 Å². The second kappa shape index (κ2) is 4.35. The summed E-state index contributed by atoms with van der Waals surface area (Å²) in [4.78, 5) is 13.0. The van der Waals surface area contributed by atoms with Crippen molar-refractivity contribution < 1.29 is 4.79 Å². The normalized spacial score (nSPS) is 18.1. The van der Waals surface area contributed by atoms with Crippen LogP contribution in [0.4, 0.5) is 0 Å². The Balaban J connectivity index is 1.96. The summed E-state index contributed by atoms with van der Waals surface area (Å²) >= 11 is 3.39. The lowest BCUT2D eigenvalue weighted by Gasteiger charge is -2.31. The number of carbonyl (C=O) groups excluding carboxylic acids is 1. The lowest BCUT2D eigenvalue weighted by atomic mass is 10.1. The minimum atomic E-state index is 0.176. The zero-order chi connectivity index (χ0) is 10.8. The quantitative estimate of drug-likeness (QED) is 0.782. The number of amides is 1. The fraction of sp³-hybridized carbons (Fsp3) is 0.600. The first kappa shape index (κ1) is 10.7. The third-order valence-corrected chi connectivity index (χ3v) is 3.26. The van der Waals surface area contributed by atoms with Gasteiger partial charge in [-0.2, -0.15) is 5.10 Å². The number of rotatable bonds is 1. The topological polar surface area (TPSA) is 38.1 Å². The van der Waals surface area contributed by atoms with E-state index >= 15 is 0 Å². The van der Waals surface area contributed by atoms with Crippen molar-refractivity contribution in [2.45, 2.75) is 25.8 Å². The van der Waals surface area contributed by atoms with Gasteiger partial charge in [-0.25, -0.2) is 0 Å². The van der Waals surface area contributed by atoms with E-state index in [4.69, 9.17) is 0 Å². The smallest absolute Gasteiger partial charge is 0.219 e. The van der Waals surface area contributed by atoms with Crippen LogP contribution in [0.5, 0.6) is 0 Å². The number of halogens is 1. The lowest BCUT2D eigenvalue weighted by Crippen LogP contribution is -2.37. The number of likely N-dealkylation sites (tertiary alicyclic amines) is 1. The van der Waals surface area contributed by atoms with Gasteiger partial charge >= 0.3 is 0 Å². The molecular weight excluding hydrogens is 258 g/mol. The van der Waals surface area contributed by atoms with Crippen molar-refractivity contribution >= 4 is 21.8 Å². The largest absolute Gasteiger partial charge is 0.343 e. The molecule has 2 heterocycles. The summed E-state index contributed by atoms with van der Waals surface area (Å²) in [5, 5.41) is 4.28. The predicted molar refractivity (Wildman–Crippen MR) is 60.5 cm³/mol. The van der Waals surface area contributed by atoms with Crippen molar-refractivity contribution in [2.75, 3.05) is 13.1 Å². The van der Waals surface area contributed by atoms with Gasteiger partial charge in [0, 0.05) is 26.2 Å². The number of carbonyl (C=O) groups is 1. The Kier molecular flexibility index (Phi) is 3.09. The summed E-state index contributed by atoms with van der Waals surface area (Å²) in [6, 6.07) is 0.437. The highest BCUT2D eigenvalue weighted by molar-refractivity contribution is 9.10. The molecule has 0 atom stereocenters. The van der Waals surface area contributed by atoms with Gasteiger partial charge in [0.1, 0.15) is 0 Å². The van der Waals surface area contributed by atoms with Gasteiger partial charge in [0.2, 0.25) is 5.91 Å². The first-order valence-electron chi connectivity index (χ1n) is 5.12. The van der Waals surface area contributed by atoms with Crippen molar-refractivity contribution in [3.8, 4) is 0 Å². The molecule has 1 amide bonds. The van der Waals surface area contributed by atoms with E-state index < -0.39 is 0 Å². The molecule has 0 aliphatic carbocycles. The number of piperidine rings is 1. The van der Waals surface area contributed by atoms with Gasteiger partial charge in [0.25, 0.3) is 0 Å². The third-order valence-electron chi connectivity index (χ3n) is 2.85. The molecule has 4 nitrogen and oxygen atoms in total. The molecular formula is C10H14BrN3O. The first-order valence-corrected chi connectivity index (χ1v) is 5.91. The molecule has 0 spiro atoms. The van der Waals surface area contributed by atoms with E-state index in [9.17, 15) is 4.79 Å². The van der Waals surface area contributed by atoms with Crippen LogP contribution in [0.25, 0.3) is 0 Å². The molecule has 82 valence electrons. The minimum Gasteiger partial charge on any atom is -0.343 e. The Bertz CT molecular complexity index is 355. The van der Waals surface area contributed by atoms with Crippen molar-refractivity contribution in [1.29, 1.82) is 0 Å². The monoisotopic (exact) mass is 271 g/mol. The molecule has 0 aromatic carbocycles. The fourth-order valence-electron chi connectivity index (χ4n) is 1.96. The van der Waals surface area contributed by atoms with Crippen LogP contribution in [0.3, 0.4) is 0 Å². The molecule has 1 saturated heterocycles. The highest BCUT2D eigenvalue weighted by atomic mass is 79.9. The van der Waals surface area contributed by atoms with Crippen LogP contribution in [0.2, 0.25) is 0 Å². The maximum atomic E-state index is 11.1. The summed E-state index contributed by atoms with van der Waals surface area (Å²) in [5.41, 5.74) is 0. The molecule has 1 aliphatic heterocycles. The standard InChI is InChI=1S/C10H14BrN3O/c1-8(15)13-4-2-10(3-5-13)14-7-9(11)6-12-14/h6-7,10H,2-5H2,1H3. The molecule has 0 unspecified atom stereocenters. The molecule has 1 aliphatic rings. The molecule has 2 rings (SSSR count). The van der Waals surface area contributed by atoms with Crippen LogP contribution < -0.4 is 0 Å². The summed E-state index contributed by atoms with van der Waals surface area (Å²) < 4.78 is 3.00. The van der Waals surface area contributed by atoms with Crippen LogP contribution >= 0.6 is 15.9 Å². The van der Waals surface area contributed by atoms with Gasteiger partial charge in [-0.1, -0.05) is 0 Å². The lowest BCUT2D eigenvalue weighted by molar-refractivity contribution is -0.130. The van der Waals surface area contributed by atoms with Crippen molar-refractivity contribution in [3.05, 3.63) is 16.9 Å². The third kappa shape index (κ3) is 2.40. The van der Waals surface area contributed by atoms with Gasteiger partial charge in [-0.05, 0) is 28.8 Å². The Hall–Kier alpha value is -0.840. The Morgan fingerprint density at radius 2 is 2.20 bits per heavy atom.